The van der Waals surface area contributed by atoms with Gasteiger partial charge in [-0.3, -0.25) is 4.90 Å². The van der Waals surface area contributed by atoms with Crippen LogP contribution in [-0.4, -0.2) is 61.1 Å². The van der Waals surface area contributed by atoms with Crippen molar-refractivity contribution in [3.05, 3.63) is 65.5 Å². The summed E-state index contributed by atoms with van der Waals surface area (Å²) >= 11 is 0. The molecule has 0 bridgehead atoms. The van der Waals surface area contributed by atoms with Crippen molar-refractivity contribution < 1.29 is 17.9 Å². The van der Waals surface area contributed by atoms with E-state index in [0.29, 0.717) is 19.0 Å². The van der Waals surface area contributed by atoms with Crippen LogP contribution >= 0.6 is 0 Å². The van der Waals surface area contributed by atoms with Gasteiger partial charge in [0, 0.05) is 43.1 Å². The molecule has 2 saturated heterocycles. The molecule has 7 heteroatoms. The topological polar surface area (TPSA) is 60.9 Å². The predicted octanol–water partition coefficient (Wildman–Crippen LogP) is 3.84. The van der Waals surface area contributed by atoms with Crippen molar-refractivity contribution in [1.82, 2.24) is 9.21 Å². The summed E-state index contributed by atoms with van der Waals surface area (Å²) in [6.45, 7) is 5.94. The van der Waals surface area contributed by atoms with E-state index in [2.05, 4.69) is 42.7 Å². The minimum absolute atomic E-state index is 0.0226. The number of fused-ring (bicyclic) bond motifs is 1. The summed E-state index contributed by atoms with van der Waals surface area (Å²) in [5.41, 5.74) is 2.05. The van der Waals surface area contributed by atoms with Gasteiger partial charge in [-0.05, 0) is 67.3 Å². The average Bonchev–Trinajstić information content (AvgIpc) is 2.79. The Kier molecular flexibility index (Phi) is 7.73. The van der Waals surface area contributed by atoms with E-state index in [1.807, 2.05) is 12.1 Å². The molecule has 2 aliphatic rings. The van der Waals surface area contributed by atoms with Gasteiger partial charge in [0.2, 0.25) is 10.0 Å². The van der Waals surface area contributed by atoms with E-state index in [4.69, 9.17) is 0 Å². The Hall–Kier alpha value is -2.24. The summed E-state index contributed by atoms with van der Waals surface area (Å²) in [5, 5.41) is 10.1. The normalized spacial score (nSPS) is 23.9. The van der Waals surface area contributed by atoms with Gasteiger partial charge in [-0.25, -0.2) is 12.8 Å². The molecule has 3 atom stereocenters. The maximum atomic E-state index is 13.4. The third-order valence-electron chi connectivity index (χ3n) is 6.82. The third-order valence-corrected chi connectivity index (χ3v) is 8.70. The van der Waals surface area contributed by atoms with Crippen molar-refractivity contribution in [3.63, 3.8) is 0 Å². The van der Waals surface area contributed by atoms with E-state index in [1.54, 1.807) is 0 Å². The zero-order valence-corrected chi connectivity index (χ0v) is 20.6. The number of hydrogen-bond donors (Lipinski definition) is 1. The van der Waals surface area contributed by atoms with E-state index >= 15 is 0 Å². The molecular weight excluding hydrogens is 451 g/mol. The fourth-order valence-electron chi connectivity index (χ4n) is 5.03. The molecule has 0 aromatic heterocycles. The Bertz CT molecular complexity index is 1140. The number of aliphatic hydroxyl groups is 1. The molecule has 2 aliphatic heterocycles. The molecular formula is C27H33FN2O3S. The first-order valence-electron chi connectivity index (χ1n) is 12.0. The van der Waals surface area contributed by atoms with Gasteiger partial charge in [0.05, 0.1) is 11.5 Å². The van der Waals surface area contributed by atoms with Gasteiger partial charge in [-0.15, -0.1) is 0 Å². The van der Waals surface area contributed by atoms with Crippen LogP contribution in [0.2, 0.25) is 0 Å². The Morgan fingerprint density at radius 2 is 1.74 bits per heavy atom. The number of benzene rings is 2. The van der Waals surface area contributed by atoms with E-state index in [9.17, 15) is 17.9 Å². The molecule has 5 nitrogen and oxygen atoms in total. The third kappa shape index (κ3) is 5.21. The molecule has 0 radical (unpaired) electrons. The number of rotatable bonds is 5. The Labute approximate surface area is 202 Å². The second-order valence-electron chi connectivity index (χ2n) is 9.63. The first-order valence-corrected chi connectivity index (χ1v) is 13.5. The molecule has 0 amide bonds. The molecule has 0 unspecified atom stereocenters. The molecule has 2 fully saturated rings. The molecule has 2 aromatic carbocycles. The average molecular weight is 485 g/mol. The monoisotopic (exact) mass is 484 g/mol. The Morgan fingerprint density at radius 1 is 1.06 bits per heavy atom. The minimum Gasteiger partial charge on any atom is -0.395 e. The fourth-order valence-corrected chi connectivity index (χ4v) is 6.53. The van der Waals surface area contributed by atoms with Crippen LogP contribution in [0.15, 0.2) is 53.4 Å². The van der Waals surface area contributed by atoms with Gasteiger partial charge >= 0.3 is 0 Å². The molecule has 2 heterocycles. The van der Waals surface area contributed by atoms with Crippen LogP contribution in [0.5, 0.6) is 0 Å². The van der Waals surface area contributed by atoms with Crippen molar-refractivity contribution in [2.45, 2.75) is 56.0 Å². The molecule has 1 N–H and O–H groups in total. The number of aliphatic hydroxyl groups excluding tert-OH is 1. The van der Waals surface area contributed by atoms with Crippen molar-refractivity contribution in [2.24, 2.45) is 5.92 Å². The molecule has 0 saturated carbocycles. The summed E-state index contributed by atoms with van der Waals surface area (Å²) in [5.74, 6) is 6.52. The second kappa shape index (κ2) is 10.6. The highest BCUT2D eigenvalue weighted by molar-refractivity contribution is 7.89. The Morgan fingerprint density at radius 3 is 2.38 bits per heavy atom. The summed E-state index contributed by atoms with van der Waals surface area (Å²) in [6, 6.07) is 13.1. The van der Waals surface area contributed by atoms with E-state index in [0.717, 1.165) is 36.9 Å². The van der Waals surface area contributed by atoms with Gasteiger partial charge in [0.15, 0.2) is 0 Å². The van der Waals surface area contributed by atoms with Crippen LogP contribution in [-0.2, 0) is 10.0 Å². The van der Waals surface area contributed by atoms with Gasteiger partial charge in [0.1, 0.15) is 5.82 Å². The largest absolute Gasteiger partial charge is 0.395 e. The van der Waals surface area contributed by atoms with Crippen LogP contribution in [0.1, 0.15) is 50.2 Å². The number of halogens is 1. The fraction of sp³-hybridized carbons (Fsp3) is 0.481. The lowest BCUT2D eigenvalue weighted by Gasteiger charge is -2.57. The zero-order chi connectivity index (χ0) is 24.3. The van der Waals surface area contributed by atoms with Crippen LogP contribution in [0.4, 0.5) is 4.39 Å². The van der Waals surface area contributed by atoms with Crippen LogP contribution in [0.25, 0.3) is 0 Å². The zero-order valence-electron chi connectivity index (χ0n) is 19.8. The quantitative estimate of drug-likeness (QED) is 0.656. The molecule has 4 rings (SSSR count). The summed E-state index contributed by atoms with van der Waals surface area (Å²) in [4.78, 5) is 2.35. The summed E-state index contributed by atoms with van der Waals surface area (Å²) in [7, 11) is -3.74. The SMILES string of the molecule is CC(C)CC#Cc1ccc([C@H]2[C@H](CO)N3CCCCN(S(=O)(=O)c4ccc(F)cc4)C[C@@H]23)cc1. The number of hydrogen-bond acceptors (Lipinski definition) is 4. The molecule has 0 spiro atoms. The van der Waals surface area contributed by atoms with Gasteiger partial charge in [-0.2, -0.15) is 4.31 Å². The van der Waals surface area contributed by atoms with Crippen LogP contribution < -0.4 is 0 Å². The lowest BCUT2D eigenvalue weighted by atomic mass is 9.74. The highest BCUT2D eigenvalue weighted by Crippen LogP contribution is 2.42. The maximum absolute atomic E-state index is 13.4. The van der Waals surface area contributed by atoms with E-state index in [-0.39, 0.29) is 29.5 Å². The van der Waals surface area contributed by atoms with Gasteiger partial charge in [-0.1, -0.05) is 37.8 Å². The number of sulfonamides is 1. The minimum atomic E-state index is -3.74. The first-order chi connectivity index (χ1) is 16.3. The highest BCUT2D eigenvalue weighted by atomic mass is 32.2. The van der Waals surface area contributed by atoms with Crippen molar-refractivity contribution in [2.75, 3.05) is 26.2 Å². The lowest BCUT2D eigenvalue weighted by Crippen LogP contribution is -2.67. The lowest BCUT2D eigenvalue weighted by molar-refractivity contribution is -0.0553. The van der Waals surface area contributed by atoms with Crippen molar-refractivity contribution in [3.8, 4) is 11.8 Å². The first kappa shape index (κ1) is 24.9. The predicted molar refractivity (Wildman–Crippen MR) is 131 cm³/mol. The van der Waals surface area contributed by atoms with E-state index in [1.165, 1.54) is 28.6 Å². The number of nitrogens with zero attached hydrogens (tertiary/aromatic N) is 2. The smallest absolute Gasteiger partial charge is 0.243 e. The second-order valence-corrected chi connectivity index (χ2v) is 11.6. The summed E-state index contributed by atoms with van der Waals surface area (Å²) in [6.07, 6.45) is 2.46. The molecule has 2 aromatic rings. The van der Waals surface area contributed by atoms with Crippen LogP contribution in [0.3, 0.4) is 0 Å². The highest BCUT2D eigenvalue weighted by Gasteiger charge is 2.50. The standard InChI is InChI=1S/C27H33FN2O3S/c1-20(2)6-5-7-21-8-10-22(11-9-21)27-25-18-29(16-3-4-17-30(25)26(27)19-31)34(32,33)24-14-12-23(28)13-15-24/h8-15,20,25-27,31H,3-4,6,16-19H2,1-2H3/t25-,26-,27+/m0/s1. The summed E-state index contributed by atoms with van der Waals surface area (Å²) < 4.78 is 41.6. The van der Waals surface area contributed by atoms with Gasteiger partial charge in [0.25, 0.3) is 0 Å². The van der Waals surface area contributed by atoms with Crippen molar-refractivity contribution in [1.29, 1.82) is 0 Å². The maximum Gasteiger partial charge on any atom is 0.243 e. The Balaban J connectivity index is 1.57. The van der Waals surface area contributed by atoms with E-state index < -0.39 is 15.8 Å². The molecule has 182 valence electrons. The van der Waals surface area contributed by atoms with Crippen LogP contribution in [0, 0.1) is 23.6 Å². The molecule has 0 aliphatic carbocycles. The molecule has 34 heavy (non-hydrogen) atoms. The van der Waals surface area contributed by atoms with Gasteiger partial charge < -0.3 is 5.11 Å². The van der Waals surface area contributed by atoms with Crippen molar-refractivity contribution >= 4 is 10.0 Å².